The molecule has 10 nitrogen and oxygen atoms in total. The highest BCUT2D eigenvalue weighted by Crippen LogP contribution is 2.57. The minimum Gasteiger partial charge on any atom is -0.494 e. The van der Waals surface area contributed by atoms with Crippen LogP contribution in [0, 0.1) is 11.8 Å². The highest BCUT2D eigenvalue weighted by molar-refractivity contribution is 6.30. The molecule has 1 saturated carbocycles. The second-order valence-corrected chi connectivity index (χ2v) is 18.0. The summed E-state index contributed by atoms with van der Waals surface area (Å²) in [5, 5.41) is 17.7. The quantitative estimate of drug-likeness (QED) is 0.0830. The van der Waals surface area contributed by atoms with Crippen LogP contribution in [0.5, 0.6) is 11.5 Å². The number of benzene rings is 3. The summed E-state index contributed by atoms with van der Waals surface area (Å²) < 4.78 is 12.9. The fourth-order valence-corrected chi connectivity index (χ4v) is 10.4. The summed E-state index contributed by atoms with van der Waals surface area (Å²) in [6.07, 6.45) is 15.5. The number of carbonyl (C=O) groups is 2. The van der Waals surface area contributed by atoms with Gasteiger partial charge in [-0.3, -0.25) is 9.78 Å². The molecule has 3 atom stereocenters. The molecule has 0 radical (unpaired) electrons. The zero-order chi connectivity index (χ0) is 42.4. The number of carbonyl (C=O) groups excluding carboxylic acids is 1. The number of carboxylic acids is 1. The summed E-state index contributed by atoms with van der Waals surface area (Å²) in [7, 11) is 0. The number of fused-ring (bicyclic) bond motifs is 3. The van der Waals surface area contributed by atoms with E-state index in [1.165, 1.54) is 28.7 Å². The number of halogens is 1. The van der Waals surface area contributed by atoms with Gasteiger partial charge in [-0.25, -0.2) is 14.8 Å². The summed E-state index contributed by atoms with van der Waals surface area (Å²) in [6, 6.07) is 23.8. The predicted octanol–water partition coefficient (Wildman–Crippen LogP) is 10.1. The lowest BCUT2D eigenvalue weighted by Crippen LogP contribution is -2.53. The van der Waals surface area contributed by atoms with Crippen molar-refractivity contribution in [3.63, 3.8) is 0 Å². The van der Waals surface area contributed by atoms with E-state index >= 15 is 0 Å². The lowest BCUT2D eigenvalue weighted by Gasteiger charge is -2.47. The Morgan fingerprint density at radius 3 is 2.59 bits per heavy atom. The Labute approximate surface area is 363 Å². The molecule has 1 amide bonds. The van der Waals surface area contributed by atoms with Crippen LogP contribution in [0.2, 0.25) is 5.02 Å². The van der Waals surface area contributed by atoms with Crippen LogP contribution < -0.4 is 20.1 Å². The Morgan fingerprint density at radius 1 is 0.967 bits per heavy atom. The van der Waals surface area contributed by atoms with Crippen molar-refractivity contribution in [1.82, 2.24) is 20.3 Å². The van der Waals surface area contributed by atoms with Gasteiger partial charge in [0.05, 0.1) is 13.2 Å². The Bertz CT molecular complexity index is 2330. The van der Waals surface area contributed by atoms with Crippen molar-refractivity contribution in [2.75, 3.05) is 18.5 Å². The number of rotatable bonds is 16. The predicted molar refractivity (Wildman–Crippen MR) is 238 cm³/mol. The first kappa shape index (κ1) is 42.2. The van der Waals surface area contributed by atoms with E-state index in [9.17, 15) is 14.7 Å². The molecule has 3 aliphatic rings. The molecule has 11 heteroatoms. The van der Waals surface area contributed by atoms with Crippen LogP contribution in [0.1, 0.15) is 106 Å². The first-order valence-electron chi connectivity index (χ1n) is 21.9. The molecule has 2 heterocycles. The fourth-order valence-electron chi connectivity index (χ4n) is 10.2. The van der Waals surface area contributed by atoms with Crippen LogP contribution in [0.3, 0.4) is 0 Å². The number of carboxylic acid groups (broad SMARTS) is 1. The first-order chi connectivity index (χ1) is 29.6. The lowest BCUT2D eigenvalue weighted by atomic mass is 9.59. The van der Waals surface area contributed by atoms with Crippen LogP contribution in [0.15, 0.2) is 97.7 Å². The standard InChI is InChI=1S/C50H56ClN5O5/c1-33(31-61-45-16-21-54-44-12-3-7-34(2)47(44)45)23-39-25-37-14-15-42(60-22-6-13-46(57)55-28-35-8-4-9-36(24-35)38-29-52-32-53-30-38)27-43(37)49(39)17-19-50(20-18-49,48(58)59)56-41-11-5-10-40(51)26-41/h4-5,8-11,14-16,21,24,26-27,29-30,32-34,39,56H,3,6-7,12-13,17-20,22-23,25,28,31H2,1-2H3,(H,55,57)(H,58,59)/t33-,34-,39+,49?,50?/m1/s1. The van der Waals surface area contributed by atoms with Gasteiger partial charge >= 0.3 is 5.97 Å². The third-order valence-corrected chi connectivity index (χ3v) is 13.6. The molecule has 3 aromatic carbocycles. The number of ether oxygens (including phenoxy) is 2. The minimum absolute atomic E-state index is 0.0280. The molecular weight excluding hydrogens is 786 g/mol. The third kappa shape index (κ3) is 9.55. The second-order valence-electron chi connectivity index (χ2n) is 17.6. The summed E-state index contributed by atoms with van der Waals surface area (Å²) in [6.45, 7) is 6.00. The number of aromatic nitrogens is 3. The lowest BCUT2D eigenvalue weighted by molar-refractivity contribution is -0.144. The number of amides is 1. The fraction of sp³-hybridized carbons (Fsp3) is 0.420. The van der Waals surface area contributed by atoms with Gasteiger partial charge in [0.2, 0.25) is 5.91 Å². The van der Waals surface area contributed by atoms with Gasteiger partial charge < -0.3 is 25.2 Å². The maximum atomic E-state index is 13.1. The van der Waals surface area contributed by atoms with E-state index in [0.29, 0.717) is 68.0 Å². The van der Waals surface area contributed by atoms with Crippen molar-refractivity contribution < 1.29 is 24.2 Å². The normalized spacial score (nSPS) is 22.1. The largest absolute Gasteiger partial charge is 0.494 e. The molecule has 1 spiro atoms. The van der Waals surface area contributed by atoms with Gasteiger partial charge in [-0.05, 0) is 152 Å². The molecule has 0 aliphatic heterocycles. The van der Waals surface area contributed by atoms with Gasteiger partial charge in [-0.15, -0.1) is 0 Å². The van der Waals surface area contributed by atoms with Crippen molar-refractivity contribution in [3.8, 4) is 22.6 Å². The van der Waals surface area contributed by atoms with Gasteiger partial charge in [0, 0.05) is 59.1 Å². The van der Waals surface area contributed by atoms with Gasteiger partial charge in [0.1, 0.15) is 23.4 Å². The Hall–Kier alpha value is -5.48. The molecule has 0 unspecified atom stereocenters. The zero-order valence-corrected chi connectivity index (χ0v) is 35.9. The van der Waals surface area contributed by atoms with Gasteiger partial charge in [0.25, 0.3) is 0 Å². The van der Waals surface area contributed by atoms with E-state index in [4.69, 9.17) is 21.1 Å². The van der Waals surface area contributed by atoms with Crippen molar-refractivity contribution in [2.45, 2.75) is 108 Å². The molecule has 8 rings (SSSR count). The number of pyridine rings is 1. The molecule has 1 fully saturated rings. The maximum Gasteiger partial charge on any atom is 0.329 e. The molecule has 5 aromatic rings. The number of aliphatic carboxylic acids is 1. The highest BCUT2D eigenvalue weighted by atomic mass is 35.5. The number of nitrogens with one attached hydrogen (secondary N) is 2. The van der Waals surface area contributed by atoms with Crippen molar-refractivity contribution in [3.05, 3.63) is 131 Å². The summed E-state index contributed by atoms with van der Waals surface area (Å²) in [5.74, 6) is 1.90. The Morgan fingerprint density at radius 2 is 1.79 bits per heavy atom. The molecule has 318 valence electrons. The highest BCUT2D eigenvalue weighted by Gasteiger charge is 2.54. The molecule has 61 heavy (non-hydrogen) atoms. The van der Waals surface area contributed by atoms with Gasteiger partial charge in [-0.1, -0.05) is 55.8 Å². The second kappa shape index (κ2) is 18.6. The summed E-state index contributed by atoms with van der Waals surface area (Å²) in [5.41, 5.74) is 7.33. The van der Waals surface area contributed by atoms with E-state index in [1.807, 2.05) is 54.7 Å². The SMILES string of the molecule is C[C@@H](COc1ccnc2c1[C@H](C)CCC2)C[C@H]1Cc2ccc(OCCCC(=O)NCc3cccc(-c4cncnc4)c3)cc2C12CCC(Nc1cccc(Cl)c1)(C(=O)O)CC2. The van der Waals surface area contributed by atoms with Crippen molar-refractivity contribution >= 4 is 29.2 Å². The first-order valence-corrected chi connectivity index (χ1v) is 22.2. The average Bonchev–Trinajstić information content (AvgIpc) is 3.55. The topological polar surface area (TPSA) is 136 Å². The van der Waals surface area contributed by atoms with E-state index < -0.39 is 11.5 Å². The third-order valence-electron chi connectivity index (χ3n) is 13.4. The van der Waals surface area contributed by atoms with E-state index in [-0.39, 0.29) is 17.2 Å². The minimum atomic E-state index is -1.11. The number of aryl methyl sites for hydroxylation is 1. The molecule has 3 aliphatic carbocycles. The maximum absolute atomic E-state index is 13.1. The Kier molecular flexibility index (Phi) is 12.9. The average molecular weight is 842 g/mol. The van der Waals surface area contributed by atoms with Crippen LogP contribution >= 0.6 is 11.6 Å². The molecular formula is C50H56ClN5O5. The number of hydrogen-bond acceptors (Lipinski definition) is 8. The van der Waals surface area contributed by atoms with Crippen molar-refractivity contribution in [2.24, 2.45) is 11.8 Å². The van der Waals surface area contributed by atoms with E-state index in [1.54, 1.807) is 24.5 Å². The summed E-state index contributed by atoms with van der Waals surface area (Å²) >= 11 is 6.32. The molecule has 3 N–H and O–H groups in total. The van der Waals surface area contributed by atoms with Crippen LogP contribution in [0.25, 0.3) is 11.1 Å². The van der Waals surface area contributed by atoms with Crippen LogP contribution in [0.4, 0.5) is 5.69 Å². The molecule has 2 aromatic heterocycles. The number of hydrogen-bond donors (Lipinski definition) is 3. The zero-order valence-electron chi connectivity index (χ0n) is 35.2. The molecule has 0 bridgehead atoms. The van der Waals surface area contributed by atoms with Gasteiger partial charge in [-0.2, -0.15) is 0 Å². The van der Waals surface area contributed by atoms with Crippen molar-refractivity contribution in [1.29, 1.82) is 0 Å². The van der Waals surface area contributed by atoms with Gasteiger partial charge in [0.15, 0.2) is 0 Å². The number of nitrogens with zero attached hydrogens (tertiary/aromatic N) is 3. The van der Waals surface area contributed by atoms with Crippen LogP contribution in [-0.2, 0) is 34.4 Å². The summed E-state index contributed by atoms with van der Waals surface area (Å²) in [4.78, 5) is 38.8. The van der Waals surface area contributed by atoms with Crippen LogP contribution in [-0.4, -0.2) is 50.7 Å². The van der Waals surface area contributed by atoms with E-state index in [2.05, 4.69) is 51.6 Å². The Balaban J connectivity index is 0.931. The molecule has 0 saturated heterocycles. The van der Waals surface area contributed by atoms with E-state index in [0.717, 1.165) is 73.1 Å². The smallest absolute Gasteiger partial charge is 0.329 e. The monoisotopic (exact) mass is 841 g/mol. The number of anilines is 1.